The van der Waals surface area contributed by atoms with Gasteiger partial charge in [-0.05, 0) is 40.0 Å². The first-order valence-corrected chi connectivity index (χ1v) is 7.72. The first-order valence-electron chi connectivity index (χ1n) is 7.72. The number of fused-ring (bicyclic) bond motifs is 3. The quantitative estimate of drug-likeness (QED) is 0.841. The van der Waals surface area contributed by atoms with Crippen molar-refractivity contribution < 1.29 is 10.0 Å². The summed E-state index contributed by atoms with van der Waals surface area (Å²) in [5, 5.41) is 21.5. The Balaban J connectivity index is 2.33. The maximum absolute atomic E-state index is 9.51. The third-order valence-corrected chi connectivity index (χ3v) is 4.60. The van der Waals surface area contributed by atoms with E-state index in [1.165, 1.54) is 21.9 Å². The second kappa shape index (κ2) is 5.42. The van der Waals surface area contributed by atoms with Crippen molar-refractivity contribution in [3.63, 3.8) is 0 Å². The topological polar surface area (TPSA) is 40.5 Å². The largest absolute Gasteiger partial charge is 0.456 e. The van der Waals surface area contributed by atoms with Crippen LogP contribution in [0, 0.1) is 0 Å². The molecule has 0 unspecified atom stereocenters. The summed E-state index contributed by atoms with van der Waals surface area (Å²) in [6.07, 6.45) is 4.38. The predicted molar refractivity (Wildman–Crippen MR) is 93.7 cm³/mol. The molecule has 0 aliphatic heterocycles. The zero-order valence-corrected chi connectivity index (χ0v) is 13.3. The van der Waals surface area contributed by atoms with E-state index in [-0.39, 0.29) is 11.7 Å². The van der Waals surface area contributed by atoms with Crippen LogP contribution in [0.1, 0.15) is 31.9 Å². The lowest BCUT2D eigenvalue weighted by atomic mass is 9.77. The van der Waals surface area contributed by atoms with Crippen molar-refractivity contribution in [2.45, 2.75) is 32.5 Å². The molecule has 1 aliphatic rings. The van der Waals surface area contributed by atoms with Gasteiger partial charge in [0.1, 0.15) is 0 Å². The highest BCUT2D eigenvalue weighted by atomic mass is 16.4. The summed E-state index contributed by atoms with van der Waals surface area (Å²) < 4.78 is 0. The standard InChI is InChI=1S/C19H21BO2/c1-4-7-17-16(12-20(21)22)15-11-10-13-8-5-6-9-14(13)18(15)19(17,2)3/h4-11,21-22H,12H2,1-3H3/b7-4-. The van der Waals surface area contributed by atoms with Crippen LogP contribution in [0.3, 0.4) is 0 Å². The van der Waals surface area contributed by atoms with E-state index in [1.807, 2.05) is 13.0 Å². The van der Waals surface area contributed by atoms with Crippen LogP contribution in [0.4, 0.5) is 0 Å². The molecule has 3 heteroatoms. The molecule has 112 valence electrons. The Bertz CT molecular complexity index is 785. The SMILES string of the molecule is C/C=C\C1=C(CB(O)O)c2ccc3ccccc3c2C1(C)C. The minimum Gasteiger partial charge on any atom is -0.427 e. The second-order valence-electron chi connectivity index (χ2n) is 6.41. The van der Waals surface area contributed by atoms with Crippen LogP contribution in [0.15, 0.2) is 54.1 Å². The van der Waals surface area contributed by atoms with Crippen molar-refractivity contribution in [2.24, 2.45) is 0 Å². The summed E-state index contributed by atoms with van der Waals surface area (Å²) >= 11 is 0. The molecule has 0 bridgehead atoms. The third-order valence-electron chi connectivity index (χ3n) is 4.60. The molecule has 0 atom stereocenters. The predicted octanol–water partition coefficient (Wildman–Crippen LogP) is 3.93. The molecule has 22 heavy (non-hydrogen) atoms. The lowest BCUT2D eigenvalue weighted by Crippen LogP contribution is -2.17. The average Bonchev–Trinajstić information content (AvgIpc) is 2.68. The highest BCUT2D eigenvalue weighted by molar-refractivity contribution is 6.44. The van der Waals surface area contributed by atoms with E-state index in [2.05, 4.69) is 56.3 Å². The van der Waals surface area contributed by atoms with Gasteiger partial charge in [0, 0.05) is 11.7 Å². The fraction of sp³-hybridized carbons (Fsp3) is 0.263. The van der Waals surface area contributed by atoms with Crippen molar-refractivity contribution in [3.05, 3.63) is 65.3 Å². The van der Waals surface area contributed by atoms with Crippen LogP contribution in [0.5, 0.6) is 0 Å². The van der Waals surface area contributed by atoms with Gasteiger partial charge in [0.05, 0.1) is 0 Å². The molecule has 0 aromatic heterocycles. The molecular formula is C19H21BO2. The molecule has 1 aliphatic carbocycles. The van der Waals surface area contributed by atoms with Crippen LogP contribution in [0.2, 0.25) is 6.32 Å². The van der Waals surface area contributed by atoms with Crippen molar-refractivity contribution in [1.29, 1.82) is 0 Å². The molecule has 2 aromatic carbocycles. The van der Waals surface area contributed by atoms with E-state index >= 15 is 0 Å². The average molecular weight is 292 g/mol. The van der Waals surface area contributed by atoms with Gasteiger partial charge in [0.15, 0.2) is 0 Å². The minimum atomic E-state index is -1.33. The summed E-state index contributed by atoms with van der Waals surface area (Å²) in [7, 11) is -1.33. The number of allylic oxidation sites excluding steroid dienone is 4. The van der Waals surface area contributed by atoms with E-state index in [0.717, 1.165) is 11.1 Å². The lowest BCUT2D eigenvalue weighted by Gasteiger charge is -2.24. The minimum absolute atomic E-state index is 0.146. The van der Waals surface area contributed by atoms with E-state index in [1.54, 1.807) is 0 Å². The van der Waals surface area contributed by atoms with E-state index < -0.39 is 7.12 Å². The smallest absolute Gasteiger partial charge is 0.427 e. The Morgan fingerprint density at radius 1 is 1.09 bits per heavy atom. The van der Waals surface area contributed by atoms with E-state index in [9.17, 15) is 10.0 Å². The second-order valence-corrected chi connectivity index (χ2v) is 6.41. The molecule has 2 aromatic rings. The first-order chi connectivity index (χ1) is 10.5. The maximum atomic E-state index is 9.51. The molecule has 0 heterocycles. The monoisotopic (exact) mass is 292 g/mol. The third kappa shape index (κ3) is 2.21. The normalized spacial score (nSPS) is 16.6. The van der Waals surface area contributed by atoms with Crippen LogP contribution in [-0.2, 0) is 5.41 Å². The number of hydrogen-bond donors (Lipinski definition) is 2. The van der Waals surface area contributed by atoms with Crippen LogP contribution in [-0.4, -0.2) is 17.2 Å². The van der Waals surface area contributed by atoms with Crippen LogP contribution >= 0.6 is 0 Å². The maximum Gasteiger partial charge on any atom is 0.456 e. The van der Waals surface area contributed by atoms with Crippen LogP contribution < -0.4 is 0 Å². The molecule has 0 amide bonds. The number of benzene rings is 2. The summed E-state index contributed by atoms with van der Waals surface area (Å²) in [6.45, 7) is 6.42. The van der Waals surface area contributed by atoms with Gasteiger partial charge in [-0.2, -0.15) is 0 Å². The molecule has 0 fully saturated rings. The van der Waals surface area contributed by atoms with Crippen LogP contribution in [0.25, 0.3) is 16.3 Å². The fourth-order valence-electron chi connectivity index (χ4n) is 3.73. The van der Waals surface area contributed by atoms with Crippen molar-refractivity contribution in [3.8, 4) is 0 Å². The highest BCUT2D eigenvalue weighted by Gasteiger charge is 2.38. The molecule has 0 radical (unpaired) electrons. The molecule has 2 N–H and O–H groups in total. The van der Waals surface area contributed by atoms with Gasteiger partial charge >= 0.3 is 7.12 Å². The van der Waals surface area contributed by atoms with Crippen molar-refractivity contribution in [1.82, 2.24) is 0 Å². The molecule has 3 rings (SSSR count). The first kappa shape index (κ1) is 15.1. The Morgan fingerprint density at radius 2 is 1.82 bits per heavy atom. The Labute approximate surface area is 131 Å². The van der Waals surface area contributed by atoms with E-state index in [4.69, 9.17) is 0 Å². The lowest BCUT2D eigenvalue weighted by molar-refractivity contribution is 0.412. The zero-order chi connectivity index (χ0) is 15.9. The van der Waals surface area contributed by atoms with Gasteiger partial charge in [-0.3, -0.25) is 0 Å². The molecule has 0 spiro atoms. The zero-order valence-electron chi connectivity index (χ0n) is 13.3. The van der Waals surface area contributed by atoms with E-state index in [0.29, 0.717) is 0 Å². The molecular weight excluding hydrogens is 271 g/mol. The molecule has 0 saturated heterocycles. The number of rotatable bonds is 3. The Hall–Kier alpha value is -1.84. The van der Waals surface area contributed by atoms with Crippen molar-refractivity contribution >= 4 is 23.5 Å². The van der Waals surface area contributed by atoms with Gasteiger partial charge in [-0.1, -0.05) is 62.4 Å². The Morgan fingerprint density at radius 3 is 2.50 bits per heavy atom. The summed E-state index contributed by atoms with van der Waals surface area (Å²) in [4.78, 5) is 0. The van der Waals surface area contributed by atoms with Crippen molar-refractivity contribution in [2.75, 3.05) is 0 Å². The van der Waals surface area contributed by atoms with Gasteiger partial charge in [0.25, 0.3) is 0 Å². The van der Waals surface area contributed by atoms with Gasteiger partial charge in [-0.15, -0.1) is 0 Å². The highest BCUT2D eigenvalue weighted by Crippen LogP contribution is 2.50. The summed E-state index contributed by atoms with van der Waals surface area (Å²) in [5.74, 6) is 0. The fourth-order valence-corrected chi connectivity index (χ4v) is 3.73. The summed E-state index contributed by atoms with van der Waals surface area (Å²) in [6, 6.07) is 12.6. The van der Waals surface area contributed by atoms with Gasteiger partial charge in [-0.25, -0.2) is 0 Å². The molecule has 0 saturated carbocycles. The van der Waals surface area contributed by atoms with Gasteiger partial charge < -0.3 is 10.0 Å². The summed E-state index contributed by atoms with van der Waals surface area (Å²) in [5.41, 5.74) is 4.50. The van der Waals surface area contributed by atoms with Gasteiger partial charge in [0.2, 0.25) is 0 Å². The number of hydrogen-bond acceptors (Lipinski definition) is 2. The molecule has 2 nitrogen and oxygen atoms in total. The Kier molecular flexibility index (Phi) is 3.71.